The van der Waals surface area contributed by atoms with Crippen molar-refractivity contribution in [3.63, 3.8) is 0 Å². The molecule has 33 heavy (non-hydrogen) atoms. The Kier molecular flexibility index (Phi) is 6.49. The number of rotatable bonds is 6. The molecule has 0 fully saturated rings. The molecule has 2 aliphatic rings. The molecule has 0 bridgehead atoms. The predicted octanol–water partition coefficient (Wildman–Crippen LogP) is 3.79. The van der Waals surface area contributed by atoms with Crippen LogP contribution in [0, 0.1) is 5.92 Å². The Labute approximate surface area is 193 Å². The Hall–Kier alpha value is -3.61. The van der Waals surface area contributed by atoms with Gasteiger partial charge < -0.3 is 20.1 Å². The molecule has 0 saturated heterocycles. The minimum Gasteiger partial charge on any atom is -0.480 e. The molecule has 0 saturated carbocycles. The van der Waals surface area contributed by atoms with Crippen molar-refractivity contribution in [1.82, 2.24) is 10.2 Å². The van der Waals surface area contributed by atoms with Crippen molar-refractivity contribution in [2.75, 3.05) is 13.7 Å². The first-order valence-corrected chi connectivity index (χ1v) is 11.1. The van der Waals surface area contributed by atoms with Gasteiger partial charge in [0.2, 0.25) is 5.91 Å². The molecule has 0 spiro atoms. The molecule has 2 N–H and O–H groups in total. The second-order valence-corrected chi connectivity index (χ2v) is 8.64. The number of hydrogen-bond donors (Lipinski definition) is 2. The molecule has 3 unspecified atom stereocenters. The standard InChI is InChI=1S/C26H28N2O5/c1-16(25(30)31)28(2)24(29)17-8-7-9-18(14-17)27-26(32)33-15-23-21-12-5-3-10-19(21)20-11-4-6-13-22(20)23/h3-7,9-13,16-18,23H,8,14-15H2,1-2H3,(H,27,32)(H,30,31). The normalized spacial score (nSPS) is 19.8. The molecule has 7 nitrogen and oxygen atoms in total. The molecule has 3 atom stereocenters. The van der Waals surface area contributed by atoms with Gasteiger partial charge in [0.05, 0.1) is 6.04 Å². The van der Waals surface area contributed by atoms with Gasteiger partial charge >= 0.3 is 12.1 Å². The number of nitrogens with zero attached hydrogens (tertiary/aromatic N) is 1. The number of fused-ring (bicyclic) bond motifs is 3. The van der Waals surface area contributed by atoms with Gasteiger partial charge in [-0.05, 0) is 42.0 Å². The third-order valence-electron chi connectivity index (χ3n) is 6.61. The molecule has 4 rings (SSSR count). The van der Waals surface area contributed by atoms with Crippen molar-refractivity contribution >= 4 is 18.0 Å². The molecule has 2 aliphatic carbocycles. The van der Waals surface area contributed by atoms with Gasteiger partial charge in [-0.15, -0.1) is 0 Å². The topological polar surface area (TPSA) is 95.9 Å². The number of amides is 2. The molecule has 0 heterocycles. The summed E-state index contributed by atoms with van der Waals surface area (Å²) in [6.07, 6.45) is 4.08. The molecule has 0 aromatic heterocycles. The lowest BCUT2D eigenvalue weighted by atomic mass is 9.89. The smallest absolute Gasteiger partial charge is 0.407 e. The number of likely N-dealkylation sites (N-methyl/N-ethyl adjacent to an activating group) is 1. The summed E-state index contributed by atoms with van der Waals surface area (Å²) in [4.78, 5) is 37.7. The van der Waals surface area contributed by atoms with Crippen molar-refractivity contribution in [3.05, 3.63) is 71.8 Å². The van der Waals surface area contributed by atoms with E-state index in [1.807, 2.05) is 36.4 Å². The summed E-state index contributed by atoms with van der Waals surface area (Å²) in [7, 11) is 1.49. The highest BCUT2D eigenvalue weighted by Gasteiger charge is 2.32. The maximum Gasteiger partial charge on any atom is 0.407 e. The monoisotopic (exact) mass is 448 g/mol. The molecule has 2 aromatic rings. The van der Waals surface area contributed by atoms with Crippen LogP contribution in [0.3, 0.4) is 0 Å². The second kappa shape index (κ2) is 9.48. The Balaban J connectivity index is 1.35. The Bertz CT molecular complexity index is 1050. The summed E-state index contributed by atoms with van der Waals surface area (Å²) in [5, 5.41) is 12.0. The van der Waals surface area contributed by atoms with Crippen LogP contribution in [-0.2, 0) is 14.3 Å². The highest BCUT2D eigenvalue weighted by molar-refractivity contribution is 5.85. The zero-order valence-electron chi connectivity index (χ0n) is 18.7. The summed E-state index contributed by atoms with van der Waals surface area (Å²) in [5.74, 6) is -1.70. The maximum atomic E-state index is 12.7. The fourth-order valence-electron chi connectivity index (χ4n) is 4.63. The van der Waals surface area contributed by atoms with Crippen LogP contribution in [-0.4, -0.2) is 53.7 Å². The molecule has 0 radical (unpaired) electrons. The fourth-order valence-corrected chi connectivity index (χ4v) is 4.63. The van der Waals surface area contributed by atoms with Gasteiger partial charge in [0.1, 0.15) is 12.6 Å². The SMILES string of the molecule is CC(C(=O)O)N(C)C(=O)C1CC=CC(NC(=O)OCC2c3ccccc3-c3ccccc32)C1. The van der Waals surface area contributed by atoms with E-state index in [0.29, 0.717) is 12.8 Å². The number of carboxylic acid groups (broad SMARTS) is 1. The van der Waals surface area contributed by atoms with Gasteiger partial charge in [-0.1, -0.05) is 60.7 Å². The molecule has 172 valence electrons. The lowest BCUT2D eigenvalue weighted by molar-refractivity contribution is -0.150. The lowest BCUT2D eigenvalue weighted by Gasteiger charge is -2.30. The van der Waals surface area contributed by atoms with E-state index in [4.69, 9.17) is 9.84 Å². The van der Waals surface area contributed by atoms with E-state index in [1.165, 1.54) is 30.0 Å². The first-order valence-electron chi connectivity index (χ1n) is 11.1. The zero-order chi connectivity index (χ0) is 23.5. The Morgan fingerprint density at radius 1 is 1.09 bits per heavy atom. The van der Waals surface area contributed by atoms with Crippen LogP contribution in [0.15, 0.2) is 60.7 Å². The van der Waals surface area contributed by atoms with Crippen molar-refractivity contribution in [1.29, 1.82) is 0 Å². The first-order chi connectivity index (χ1) is 15.9. The largest absolute Gasteiger partial charge is 0.480 e. The summed E-state index contributed by atoms with van der Waals surface area (Å²) in [6.45, 7) is 1.70. The van der Waals surface area contributed by atoms with Crippen LogP contribution in [0.2, 0.25) is 0 Å². The van der Waals surface area contributed by atoms with E-state index in [0.717, 1.165) is 11.1 Å². The van der Waals surface area contributed by atoms with Gasteiger partial charge in [-0.2, -0.15) is 0 Å². The zero-order valence-corrected chi connectivity index (χ0v) is 18.7. The summed E-state index contributed by atoms with van der Waals surface area (Å²) in [6, 6.07) is 15.0. The predicted molar refractivity (Wildman–Crippen MR) is 124 cm³/mol. The van der Waals surface area contributed by atoms with Gasteiger partial charge in [-0.3, -0.25) is 4.79 Å². The van der Waals surface area contributed by atoms with Gasteiger partial charge in [0, 0.05) is 18.9 Å². The van der Waals surface area contributed by atoms with Crippen LogP contribution >= 0.6 is 0 Å². The number of nitrogens with one attached hydrogen (secondary N) is 1. The summed E-state index contributed by atoms with van der Waals surface area (Å²) < 4.78 is 5.60. The molecule has 2 aromatic carbocycles. The summed E-state index contributed by atoms with van der Waals surface area (Å²) >= 11 is 0. The molecular formula is C26H28N2O5. The molecule has 0 aliphatic heterocycles. The average molecular weight is 449 g/mol. The fraction of sp³-hybridized carbons (Fsp3) is 0.346. The lowest BCUT2D eigenvalue weighted by Crippen LogP contribution is -2.46. The number of allylic oxidation sites excluding steroid dienone is 1. The Morgan fingerprint density at radius 2 is 1.70 bits per heavy atom. The molecule has 2 amide bonds. The van der Waals surface area contributed by atoms with E-state index >= 15 is 0 Å². The van der Waals surface area contributed by atoms with Gasteiger partial charge in [-0.25, -0.2) is 9.59 Å². The number of benzene rings is 2. The average Bonchev–Trinajstić information content (AvgIpc) is 3.15. The van der Waals surface area contributed by atoms with Crippen molar-refractivity contribution in [2.45, 2.75) is 37.8 Å². The third-order valence-corrected chi connectivity index (χ3v) is 6.61. The maximum absolute atomic E-state index is 12.7. The van der Waals surface area contributed by atoms with Crippen LogP contribution < -0.4 is 5.32 Å². The Morgan fingerprint density at radius 3 is 2.30 bits per heavy atom. The first kappa shape index (κ1) is 22.6. The number of hydrogen-bond acceptors (Lipinski definition) is 4. The van der Waals surface area contributed by atoms with Crippen molar-refractivity contribution in [2.24, 2.45) is 5.92 Å². The minimum atomic E-state index is -1.05. The van der Waals surface area contributed by atoms with E-state index in [1.54, 1.807) is 0 Å². The van der Waals surface area contributed by atoms with Crippen LogP contribution in [0.25, 0.3) is 11.1 Å². The van der Waals surface area contributed by atoms with E-state index in [-0.39, 0.29) is 30.4 Å². The number of carbonyl (C=O) groups excluding carboxylic acids is 2. The number of aliphatic carboxylic acids is 1. The van der Waals surface area contributed by atoms with E-state index in [2.05, 4.69) is 29.6 Å². The van der Waals surface area contributed by atoms with Crippen molar-refractivity contribution < 1.29 is 24.2 Å². The van der Waals surface area contributed by atoms with E-state index < -0.39 is 18.1 Å². The number of alkyl carbamates (subject to hydrolysis) is 1. The quantitative estimate of drug-likeness (QED) is 0.656. The summed E-state index contributed by atoms with van der Waals surface area (Å²) in [5.41, 5.74) is 4.62. The van der Waals surface area contributed by atoms with Crippen LogP contribution in [0.4, 0.5) is 4.79 Å². The minimum absolute atomic E-state index is 0.0227. The van der Waals surface area contributed by atoms with Gasteiger partial charge in [0.15, 0.2) is 0 Å². The second-order valence-electron chi connectivity index (χ2n) is 8.64. The van der Waals surface area contributed by atoms with Crippen LogP contribution in [0.1, 0.15) is 36.8 Å². The van der Waals surface area contributed by atoms with E-state index in [9.17, 15) is 14.4 Å². The molecular weight excluding hydrogens is 420 g/mol. The van der Waals surface area contributed by atoms with Crippen LogP contribution in [0.5, 0.6) is 0 Å². The number of carbonyl (C=O) groups is 3. The third kappa shape index (κ3) is 4.62. The molecule has 7 heteroatoms. The highest BCUT2D eigenvalue weighted by atomic mass is 16.5. The van der Waals surface area contributed by atoms with Crippen molar-refractivity contribution in [3.8, 4) is 11.1 Å². The van der Waals surface area contributed by atoms with Gasteiger partial charge in [0.25, 0.3) is 0 Å². The number of ether oxygens (including phenoxy) is 1. The number of carboxylic acids is 1. The highest BCUT2D eigenvalue weighted by Crippen LogP contribution is 2.44.